The molecule has 0 spiro atoms. The molecule has 0 heterocycles. The third kappa shape index (κ3) is 4.57. The summed E-state index contributed by atoms with van der Waals surface area (Å²) >= 11 is 0. The van der Waals surface area contributed by atoms with Gasteiger partial charge in [-0.05, 0) is 43.2 Å². The quantitative estimate of drug-likeness (QED) is 0.832. The monoisotopic (exact) mass is 382 g/mol. The number of nitrogens with one attached hydrogen (secondary N) is 1. The van der Waals surface area contributed by atoms with Gasteiger partial charge in [0.25, 0.3) is 0 Å². The average molecular weight is 382 g/mol. The summed E-state index contributed by atoms with van der Waals surface area (Å²) in [6, 6.07) is 8.67. The molecule has 1 atom stereocenters. The lowest BCUT2D eigenvalue weighted by atomic mass is 10.1. The number of hydrogen-bond acceptors (Lipinski definition) is 3. The number of carbonyl (C=O) groups is 1. The first-order valence-corrected chi connectivity index (χ1v) is 9.80. The van der Waals surface area contributed by atoms with E-state index in [2.05, 4.69) is 5.32 Å². The summed E-state index contributed by atoms with van der Waals surface area (Å²) < 4.78 is 52.1. The van der Waals surface area contributed by atoms with Crippen LogP contribution in [0.1, 0.15) is 18.9 Å². The number of rotatable bonds is 6. The Morgan fingerprint density at radius 3 is 2.38 bits per heavy atom. The molecule has 0 saturated heterocycles. The number of carbonyl (C=O) groups excluding carboxylic acids is 1. The van der Waals surface area contributed by atoms with Gasteiger partial charge in [-0.15, -0.1) is 0 Å². The van der Waals surface area contributed by atoms with Crippen LogP contribution in [-0.4, -0.2) is 26.6 Å². The minimum Gasteiger partial charge on any atom is -0.324 e. The number of aryl methyl sites for hydroxylation is 1. The molecular formula is C18H20F2N2O3S. The van der Waals surface area contributed by atoms with Gasteiger partial charge in [0.2, 0.25) is 15.9 Å². The summed E-state index contributed by atoms with van der Waals surface area (Å²) in [5.74, 6) is -2.77. The second-order valence-electron chi connectivity index (χ2n) is 5.94. The smallest absolute Gasteiger partial charge is 0.248 e. The third-order valence-corrected chi connectivity index (χ3v) is 4.95. The van der Waals surface area contributed by atoms with Crippen LogP contribution in [0, 0.1) is 18.6 Å². The number of nitrogens with zero attached hydrogens (tertiary/aromatic N) is 1. The van der Waals surface area contributed by atoms with Crippen molar-refractivity contribution >= 4 is 27.3 Å². The molecular weight excluding hydrogens is 362 g/mol. The second-order valence-corrected chi connectivity index (χ2v) is 7.80. The van der Waals surface area contributed by atoms with Gasteiger partial charge in [0.15, 0.2) is 11.6 Å². The van der Waals surface area contributed by atoms with Crippen molar-refractivity contribution in [1.82, 2.24) is 0 Å². The van der Waals surface area contributed by atoms with E-state index in [1.54, 1.807) is 25.1 Å². The Morgan fingerprint density at radius 1 is 1.15 bits per heavy atom. The predicted molar refractivity (Wildman–Crippen MR) is 97.6 cm³/mol. The van der Waals surface area contributed by atoms with E-state index in [1.165, 1.54) is 6.07 Å². The van der Waals surface area contributed by atoms with Gasteiger partial charge in [-0.3, -0.25) is 9.10 Å². The highest BCUT2D eigenvalue weighted by Crippen LogP contribution is 2.24. The molecule has 0 fully saturated rings. The zero-order valence-electron chi connectivity index (χ0n) is 14.7. The summed E-state index contributed by atoms with van der Waals surface area (Å²) in [5, 5.41) is 2.45. The van der Waals surface area contributed by atoms with Crippen LogP contribution in [0.25, 0.3) is 0 Å². The summed E-state index contributed by atoms with van der Waals surface area (Å²) in [6.07, 6.45) is 1.21. The third-order valence-electron chi connectivity index (χ3n) is 3.77. The molecule has 0 bridgehead atoms. The van der Waals surface area contributed by atoms with Gasteiger partial charge in [-0.2, -0.15) is 0 Å². The van der Waals surface area contributed by atoms with E-state index >= 15 is 0 Å². The van der Waals surface area contributed by atoms with Crippen molar-refractivity contribution in [3.05, 3.63) is 59.7 Å². The van der Waals surface area contributed by atoms with Gasteiger partial charge in [0.1, 0.15) is 6.04 Å². The molecule has 0 saturated carbocycles. The number of benzene rings is 2. The molecule has 5 nitrogen and oxygen atoms in total. The lowest BCUT2D eigenvalue weighted by Crippen LogP contribution is -2.47. The van der Waals surface area contributed by atoms with Crippen LogP contribution in [-0.2, 0) is 14.8 Å². The van der Waals surface area contributed by atoms with Crippen LogP contribution in [0.5, 0.6) is 0 Å². The van der Waals surface area contributed by atoms with Crippen LogP contribution in [0.4, 0.5) is 20.2 Å². The van der Waals surface area contributed by atoms with E-state index in [4.69, 9.17) is 0 Å². The van der Waals surface area contributed by atoms with Gasteiger partial charge >= 0.3 is 0 Å². The molecule has 26 heavy (non-hydrogen) atoms. The van der Waals surface area contributed by atoms with E-state index < -0.39 is 33.6 Å². The molecule has 140 valence electrons. The Labute approximate surface area is 151 Å². The molecule has 2 aromatic rings. The van der Waals surface area contributed by atoms with Gasteiger partial charge in [-0.1, -0.05) is 19.1 Å². The lowest BCUT2D eigenvalue weighted by molar-refractivity contribution is -0.117. The van der Waals surface area contributed by atoms with Crippen molar-refractivity contribution in [2.45, 2.75) is 26.3 Å². The molecule has 0 unspecified atom stereocenters. The second kappa shape index (κ2) is 7.82. The van der Waals surface area contributed by atoms with Crippen molar-refractivity contribution in [3.63, 3.8) is 0 Å². The van der Waals surface area contributed by atoms with Crippen molar-refractivity contribution in [3.8, 4) is 0 Å². The Morgan fingerprint density at radius 2 is 1.85 bits per heavy atom. The Bertz CT molecular complexity index is 916. The van der Waals surface area contributed by atoms with Crippen molar-refractivity contribution in [2.24, 2.45) is 0 Å². The standard InChI is InChI=1S/C18H20F2N2O3S/c1-4-17(18(23)21-13-8-9-15(19)16(20)11-13)22(26(3,24)25)14-7-5-6-12(2)10-14/h5-11,17H,4H2,1-3H3,(H,21,23)/t17-/m0/s1. The fourth-order valence-electron chi connectivity index (χ4n) is 2.62. The maximum atomic E-state index is 13.3. The fourth-order valence-corrected chi connectivity index (χ4v) is 3.83. The maximum Gasteiger partial charge on any atom is 0.248 e. The zero-order valence-corrected chi connectivity index (χ0v) is 15.5. The van der Waals surface area contributed by atoms with Gasteiger partial charge in [-0.25, -0.2) is 17.2 Å². The molecule has 1 N–H and O–H groups in total. The molecule has 2 aromatic carbocycles. The first-order valence-electron chi connectivity index (χ1n) is 7.95. The molecule has 0 aliphatic rings. The topological polar surface area (TPSA) is 66.5 Å². The van der Waals surface area contributed by atoms with E-state index in [-0.39, 0.29) is 12.1 Å². The minimum absolute atomic E-state index is 0.0463. The van der Waals surface area contributed by atoms with Crippen molar-refractivity contribution in [2.75, 3.05) is 15.9 Å². The number of hydrogen-bond donors (Lipinski definition) is 1. The van der Waals surface area contributed by atoms with Gasteiger partial charge in [0.05, 0.1) is 11.9 Å². The largest absolute Gasteiger partial charge is 0.324 e. The molecule has 0 aromatic heterocycles. The van der Waals surface area contributed by atoms with Gasteiger partial charge in [0, 0.05) is 11.8 Å². The Balaban J connectivity index is 2.38. The van der Waals surface area contributed by atoms with Crippen LogP contribution in [0.2, 0.25) is 0 Å². The fraction of sp³-hybridized carbons (Fsp3) is 0.278. The SMILES string of the molecule is CC[C@@H](C(=O)Nc1ccc(F)c(F)c1)N(c1cccc(C)c1)S(C)(=O)=O. The van der Waals surface area contributed by atoms with Crippen LogP contribution >= 0.6 is 0 Å². The summed E-state index contributed by atoms with van der Waals surface area (Å²) in [4.78, 5) is 12.7. The van der Waals surface area contributed by atoms with Crippen LogP contribution in [0.3, 0.4) is 0 Å². The highest BCUT2D eigenvalue weighted by atomic mass is 32.2. The molecule has 8 heteroatoms. The predicted octanol–water partition coefficient (Wildman–Crippen LogP) is 3.46. The Kier molecular flexibility index (Phi) is 5.97. The zero-order chi connectivity index (χ0) is 19.5. The van der Waals surface area contributed by atoms with Crippen molar-refractivity contribution < 1.29 is 22.0 Å². The number of halogens is 2. The summed E-state index contributed by atoms with van der Waals surface area (Å²) in [7, 11) is -3.76. The van der Waals surface area contributed by atoms with Crippen molar-refractivity contribution in [1.29, 1.82) is 0 Å². The average Bonchev–Trinajstić information content (AvgIpc) is 2.54. The molecule has 1 amide bonds. The molecule has 0 aliphatic heterocycles. The van der Waals surface area contributed by atoms with E-state index in [0.29, 0.717) is 5.69 Å². The normalized spacial score (nSPS) is 12.5. The number of sulfonamides is 1. The summed E-state index contributed by atoms with van der Waals surface area (Å²) in [6.45, 7) is 3.48. The maximum absolute atomic E-state index is 13.3. The number of anilines is 2. The highest BCUT2D eigenvalue weighted by Gasteiger charge is 2.31. The first-order chi connectivity index (χ1) is 12.1. The lowest BCUT2D eigenvalue weighted by Gasteiger charge is -2.30. The summed E-state index contributed by atoms with van der Waals surface area (Å²) in [5.41, 5.74) is 1.25. The van der Waals surface area contributed by atoms with Gasteiger partial charge < -0.3 is 5.32 Å². The Hall–Kier alpha value is -2.48. The highest BCUT2D eigenvalue weighted by molar-refractivity contribution is 7.92. The molecule has 0 radical (unpaired) electrons. The number of amides is 1. The van der Waals surface area contributed by atoms with Crippen LogP contribution < -0.4 is 9.62 Å². The van der Waals surface area contributed by atoms with E-state index in [9.17, 15) is 22.0 Å². The van der Waals surface area contributed by atoms with E-state index in [1.807, 2.05) is 13.0 Å². The minimum atomic E-state index is -3.76. The van der Waals surface area contributed by atoms with E-state index in [0.717, 1.165) is 28.3 Å². The molecule has 2 rings (SSSR count). The first kappa shape index (κ1) is 19.8. The molecule has 0 aliphatic carbocycles. The van der Waals surface area contributed by atoms with Crippen LogP contribution in [0.15, 0.2) is 42.5 Å².